The van der Waals surface area contributed by atoms with Crippen molar-refractivity contribution < 1.29 is 4.79 Å². The van der Waals surface area contributed by atoms with E-state index in [1.807, 2.05) is 12.1 Å². The number of hydrogen-bond donors (Lipinski definition) is 2. The van der Waals surface area contributed by atoms with Crippen LogP contribution >= 0.6 is 11.3 Å². The van der Waals surface area contributed by atoms with E-state index in [-0.39, 0.29) is 5.41 Å². The first-order valence-electron chi connectivity index (χ1n) is 6.54. The average molecular weight is 301 g/mol. The summed E-state index contributed by atoms with van der Waals surface area (Å²) in [6, 6.07) is 6.09. The molecule has 0 saturated heterocycles. The van der Waals surface area contributed by atoms with Crippen LogP contribution in [0.2, 0.25) is 0 Å². The molecule has 0 aliphatic heterocycles. The highest BCUT2D eigenvalue weighted by Crippen LogP contribution is 2.27. The van der Waals surface area contributed by atoms with E-state index in [9.17, 15) is 4.79 Å². The van der Waals surface area contributed by atoms with E-state index in [1.54, 1.807) is 5.51 Å². The molecule has 3 aromatic rings. The molecule has 0 spiro atoms. The Hall–Kier alpha value is -2.28. The lowest BCUT2D eigenvalue weighted by atomic mass is 9.84. The zero-order valence-corrected chi connectivity index (χ0v) is 12.6. The van der Waals surface area contributed by atoms with E-state index in [0.29, 0.717) is 6.54 Å². The van der Waals surface area contributed by atoms with E-state index in [2.05, 4.69) is 45.4 Å². The number of benzene rings is 1. The van der Waals surface area contributed by atoms with Gasteiger partial charge in [0, 0.05) is 12.0 Å². The molecule has 1 aromatic carbocycles. The first kappa shape index (κ1) is 13.7. The van der Waals surface area contributed by atoms with Crippen LogP contribution in [0.3, 0.4) is 0 Å². The summed E-state index contributed by atoms with van der Waals surface area (Å²) in [6.45, 7) is 4.76. The van der Waals surface area contributed by atoms with Crippen LogP contribution < -0.4 is 5.32 Å². The molecule has 0 aliphatic rings. The molecule has 1 amide bonds. The second-order valence-corrected chi connectivity index (χ2v) is 6.28. The Balaban J connectivity index is 1.98. The number of aromatic amines is 1. The Morgan fingerprint density at radius 2 is 2.29 bits per heavy atom. The quantitative estimate of drug-likeness (QED) is 0.707. The van der Waals surface area contributed by atoms with E-state index < -0.39 is 0 Å². The average Bonchev–Trinajstić information content (AvgIpc) is 3.12. The number of hydrogen-bond acceptors (Lipinski definition) is 5. The van der Waals surface area contributed by atoms with Crippen molar-refractivity contribution in [2.75, 3.05) is 6.54 Å². The van der Waals surface area contributed by atoms with Crippen LogP contribution in [0, 0.1) is 0 Å². The molecular formula is C14H15N5OS. The number of aromatic nitrogens is 4. The van der Waals surface area contributed by atoms with Crippen LogP contribution in [-0.4, -0.2) is 33.1 Å². The monoisotopic (exact) mass is 301 g/mol. The summed E-state index contributed by atoms with van der Waals surface area (Å²) in [7, 11) is 0. The van der Waals surface area contributed by atoms with Gasteiger partial charge in [-0.2, -0.15) is 0 Å². The number of nitrogens with one attached hydrogen (secondary N) is 2. The first-order valence-corrected chi connectivity index (χ1v) is 7.42. The minimum absolute atomic E-state index is 0.150. The fraction of sp³-hybridized carbons (Fsp3) is 0.286. The Morgan fingerprint density at radius 1 is 1.43 bits per heavy atom. The molecule has 0 aliphatic carbocycles. The molecule has 0 saturated carbocycles. The number of nitrogens with zero attached hydrogens (tertiary/aromatic N) is 3. The maximum Gasteiger partial charge on any atom is 0.207 e. The topological polar surface area (TPSA) is 83.6 Å². The number of H-pyrrole nitrogens is 1. The minimum Gasteiger partial charge on any atom is -0.358 e. The summed E-state index contributed by atoms with van der Waals surface area (Å²) >= 11 is 1.45. The maximum atomic E-state index is 10.5. The summed E-state index contributed by atoms with van der Waals surface area (Å²) in [5, 5.41) is 11.4. The van der Waals surface area contributed by atoms with Crippen molar-refractivity contribution >= 4 is 28.8 Å². The number of carbonyl (C=O) groups is 1. The molecule has 108 valence electrons. The van der Waals surface area contributed by atoms with Crippen molar-refractivity contribution in [2.24, 2.45) is 0 Å². The van der Waals surface area contributed by atoms with Crippen LogP contribution in [-0.2, 0) is 10.2 Å². The smallest absolute Gasteiger partial charge is 0.207 e. The van der Waals surface area contributed by atoms with Gasteiger partial charge in [0.05, 0.1) is 11.0 Å². The van der Waals surface area contributed by atoms with Crippen LogP contribution in [0.1, 0.15) is 19.4 Å². The van der Waals surface area contributed by atoms with Gasteiger partial charge in [0.1, 0.15) is 5.51 Å². The van der Waals surface area contributed by atoms with Crippen molar-refractivity contribution in [1.82, 2.24) is 25.5 Å². The first-order chi connectivity index (χ1) is 10.1. The second-order valence-electron chi connectivity index (χ2n) is 5.44. The zero-order valence-electron chi connectivity index (χ0n) is 11.8. The molecule has 0 atom stereocenters. The number of fused-ring (bicyclic) bond motifs is 1. The van der Waals surface area contributed by atoms with Gasteiger partial charge in [0.15, 0.2) is 10.8 Å². The fourth-order valence-corrected chi connectivity index (χ4v) is 2.70. The molecule has 21 heavy (non-hydrogen) atoms. The van der Waals surface area contributed by atoms with Gasteiger partial charge < -0.3 is 10.3 Å². The summed E-state index contributed by atoms with van der Waals surface area (Å²) in [5.41, 5.74) is 4.52. The van der Waals surface area contributed by atoms with E-state index in [4.69, 9.17) is 0 Å². The van der Waals surface area contributed by atoms with Crippen LogP contribution in [0.25, 0.3) is 21.9 Å². The van der Waals surface area contributed by atoms with Gasteiger partial charge in [0.2, 0.25) is 6.41 Å². The number of rotatable bonds is 5. The van der Waals surface area contributed by atoms with Crippen LogP contribution in [0.4, 0.5) is 0 Å². The molecule has 2 aromatic heterocycles. The van der Waals surface area contributed by atoms with Crippen molar-refractivity contribution in [3.05, 3.63) is 29.3 Å². The lowest BCUT2D eigenvalue weighted by Crippen LogP contribution is -2.32. The standard InChI is InChI=1S/C14H15N5OS/c1-14(2,6-15-7-20)9-3-4-10-11(5-9)18-12(17-10)13-19-16-8-21-13/h3-5,7-8H,6H2,1-2H3,(H,15,20)(H,17,18). The maximum absolute atomic E-state index is 10.5. The number of carbonyl (C=O) groups excluding carboxylic acids is 1. The van der Waals surface area contributed by atoms with Crippen LogP contribution in [0.5, 0.6) is 0 Å². The fourth-order valence-electron chi connectivity index (χ4n) is 2.21. The molecule has 6 nitrogen and oxygen atoms in total. The minimum atomic E-state index is -0.150. The van der Waals surface area contributed by atoms with Gasteiger partial charge in [-0.25, -0.2) is 4.98 Å². The normalized spacial score (nSPS) is 11.7. The predicted octanol–water partition coefficient (Wildman–Crippen LogP) is 2.10. The Kier molecular flexibility index (Phi) is 3.42. The molecule has 0 unspecified atom stereocenters. The third-order valence-corrected chi connectivity index (χ3v) is 4.15. The van der Waals surface area contributed by atoms with E-state index in [0.717, 1.165) is 33.8 Å². The summed E-state index contributed by atoms with van der Waals surface area (Å²) in [5.74, 6) is 0.730. The molecule has 0 fully saturated rings. The molecule has 2 N–H and O–H groups in total. The van der Waals surface area contributed by atoms with Crippen molar-refractivity contribution in [1.29, 1.82) is 0 Å². The van der Waals surface area contributed by atoms with Crippen molar-refractivity contribution in [2.45, 2.75) is 19.3 Å². The summed E-state index contributed by atoms with van der Waals surface area (Å²) < 4.78 is 0. The molecular weight excluding hydrogens is 286 g/mol. The molecule has 2 heterocycles. The third-order valence-electron chi connectivity index (χ3n) is 3.45. The molecule has 3 rings (SSSR count). The highest BCUT2D eigenvalue weighted by atomic mass is 32.1. The zero-order chi connectivity index (χ0) is 14.9. The van der Waals surface area contributed by atoms with Crippen molar-refractivity contribution in [3.8, 4) is 10.8 Å². The van der Waals surface area contributed by atoms with Gasteiger partial charge in [-0.3, -0.25) is 4.79 Å². The Morgan fingerprint density at radius 3 is 3.00 bits per heavy atom. The SMILES string of the molecule is CC(C)(CNC=O)c1ccc2nc(-c3nncs3)[nH]c2c1. The molecule has 7 heteroatoms. The lowest BCUT2D eigenvalue weighted by molar-refractivity contribution is -0.109. The van der Waals surface area contributed by atoms with Crippen LogP contribution in [0.15, 0.2) is 23.7 Å². The lowest BCUT2D eigenvalue weighted by Gasteiger charge is -2.24. The predicted molar refractivity (Wildman–Crippen MR) is 82.1 cm³/mol. The summed E-state index contributed by atoms with van der Waals surface area (Å²) in [6.07, 6.45) is 0.726. The highest BCUT2D eigenvalue weighted by molar-refractivity contribution is 7.12. The number of amides is 1. The second kappa shape index (κ2) is 5.25. The van der Waals surface area contributed by atoms with Gasteiger partial charge in [-0.05, 0) is 17.7 Å². The van der Waals surface area contributed by atoms with E-state index >= 15 is 0 Å². The van der Waals surface area contributed by atoms with Gasteiger partial charge in [-0.1, -0.05) is 31.3 Å². The third kappa shape index (κ3) is 2.64. The van der Waals surface area contributed by atoms with Gasteiger partial charge >= 0.3 is 0 Å². The highest BCUT2D eigenvalue weighted by Gasteiger charge is 2.21. The van der Waals surface area contributed by atoms with E-state index in [1.165, 1.54) is 11.3 Å². The molecule has 0 radical (unpaired) electrons. The van der Waals surface area contributed by atoms with Crippen molar-refractivity contribution in [3.63, 3.8) is 0 Å². The molecule has 0 bridgehead atoms. The van der Waals surface area contributed by atoms with Gasteiger partial charge in [0.25, 0.3) is 0 Å². The largest absolute Gasteiger partial charge is 0.358 e. The summed E-state index contributed by atoms with van der Waals surface area (Å²) in [4.78, 5) is 18.3. The Labute approximate surface area is 125 Å². The van der Waals surface area contributed by atoms with Gasteiger partial charge in [-0.15, -0.1) is 10.2 Å². The number of imidazole rings is 1. The Bertz CT molecular complexity index is 763.